The first-order valence-electron chi connectivity index (χ1n) is 7.93. The van der Waals surface area contributed by atoms with E-state index in [2.05, 4.69) is 26.4 Å². The van der Waals surface area contributed by atoms with E-state index in [1.165, 1.54) is 6.07 Å². The van der Waals surface area contributed by atoms with E-state index in [9.17, 15) is 8.78 Å². The molecule has 0 radical (unpaired) electrons. The van der Waals surface area contributed by atoms with Gasteiger partial charge in [-0.3, -0.25) is 4.98 Å². The summed E-state index contributed by atoms with van der Waals surface area (Å²) in [5.41, 5.74) is 2.36. The van der Waals surface area contributed by atoms with Gasteiger partial charge in [-0.05, 0) is 31.2 Å². The van der Waals surface area contributed by atoms with Crippen LogP contribution in [0, 0.1) is 11.6 Å². The lowest BCUT2D eigenvalue weighted by molar-refractivity contribution is 0.509. The van der Waals surface area contributed by atoms with Crippen LogP contribution in [0.2, 0.25) is 0 Å². The molecule has 0 atom stereocenters. The van der Waals surface area contributed by atoms with Crippen LogP contribution in [0.5, 0.6) is 0 Å². The predicted octanol–water partition coefficient (Wildman–Crippen LogP) is 3.64. The summed E-state index contributed by atoms with van der Waals surface area (Å²) in [6, 6.07) is 5.71. The molecule has 0 fully saturated rings. The first kappa shape index (κ1) is 15.4. The van der Waals surface area contributed by atoms with Gasteiger partial charge in [-0.2, -0.15) is 0 Å². The Hall–Kier alpha value is -3.09. The molecule has 126 valence electrons. The van der Waals surface area contributed by atoms with Gasteiger partial charge in [0.05, 0.1) is 18.3 Å². The lowest BCUT2D eigenvalue weighted by Gasteiger charge is -2.10. The lowest BCUT2D eigenvalue weighted by atomic mass is 10.2. The summed E-state index contributed by atoms with van der Waals surface area (Å²) in [5, 5.41) is 0. The second kappa shape index (κ2) is 6.08. The second-order valence-electron chi connectivity index (χ2n) is 5.64. The third-order valence-corrected chi connectivity index (χ3v) is 4.15. The molecule has 0 spiro atoms. The van der Waals surface area contributed by atoms with Crippen LogP contribution in [0.15, 0.2) is 49.1 Å². The van der Waals surface area contributed by atoms with Crippen molar-refractivity contribution in [2.45, 2.75) is 20.0 Å². The number of benzene rings is 1. The van der Waals surface area contributed by atoms with Gasteiger partial charge in [0.25, 0.3) is 0 Å². The Bertz CT molecular complexity index is 1050. The smallest absolute Gasteiger partial charge is 0.159 e. The third kappa shape index (κ3) is 2.67. The van der Waals surface area contributed by atoms with Crippen LogP contribution >= 0.6 is 0 Å². The van der Waals surface area contributed by atoms with E-state index in [1.54, 1.807) is 24.8 Å². The highest BCUT2D eigenvalue weighted by molar-refractivity contribution is 5.74. The van der Waals surface area contributed by atoms with Crippen LogP contribution in [0.1, 0.15) is 12.7 Å². The molecule has 3 aromatic heterocycles. The van der Waals surface area contributed by atoms with Gasteiger partial charge >= 0.3 is 0 Å². The van der Waals surface area contributed by atoms with Crippen molar-refractivity contribution in [3.63, 3.8) is 0 Å². The van der Waals surface area contributed by atoms with Crippen molar-refractivity contribution >= 4 is 11.0 Å². The van der Waals surface area contributed by atoms with Crippen LogP contribution < -0.4 is 0 Å². The van der Waals surface area contributed by atoms with Gasteiger partial charge in [0.1, 0.15) is 17.2 Å². The molecule has 0 unspecified atom stereocenters. The molecule has 7 heteroatoms. The largest absolute Gasteiger partial charge is 0.327 e. The van der Waals surface area contributed by atoms with Gasteiger partial charge in [0, 0.05) is 30.7 Å². The highest BCUT2D eigenvalue weighted by Gasteiger charge is 2.14. The second-order valence-corrected chi connectivity index (χ2v) is 5.64. The van der Waals surface area contributed by atoms with Crippen LogP contribution in [0.25, 0.3) is 22.4 Å². The summed E-state index contributed by atoms with van der Waals surface area (Å²) in [4.78, 5) is 13.0. The predicted molar refractivity (Wildman–Crippen MR) is 89.9 cm³/mol. The number of hydrogen-bond donors (Lipinski definition) is 0. The third-order valence-electron chi connectivity index (χ3n) is 4.15. The van der Waals surface area contributed by atoms with Crippen molar-refractivity contribution in [1.29, 1.82) is 0 Å². The molecule has 0 N–H and O–H groups in total. The number of hydrogen-bond acceptors (Lipinski definition) is 3. The molecule has 4 rings (SSSR count). The molecule has 0 aliphatic rings. The van der Waals surface area contributed by atoms with E-state index in [1.807, 2.05) is 10.6 Å². The van der Waals surface area contributed by atoms with E-state index in [0.717, 1.165) is 35.5 Å². The topological polar surface area (TPSA) is 48.5 Å². The summed E-state index contributed by atoms with van der Waals surface area (Å²) < 4.78 is 30.7. The highest BCUT2D eigenvalue weighted by Crippen LogP contribution is 2.22. The van der Waals surface area contributed by atoms with Gasteiger partial charge in [-0.1, -0.05) is 0 Å². The Balaban J connectivity index is 1.75. The van der Waals surface area contributed by atoms with Gasteiger partial charge in [-0.25, -0.2) is 18.7 Å². The minimum absolute atomic E-state index is 0.469. The molecule has 4 aromatic rings. The molecule has 3 heterocycles. The van der Waals surface area contributed by atoms with Crippen molar-refractivity contribution in [3.05, 3.63) is 66.5 Å². The minimum atomic E-state index is -0.890. The number of halogens is 2. The Labute approximate surface area is 142 Å². The van der Waals surface area contributed by atoms with Crippen molar-refractivity contribution in [3.8, 4) is 11.4 Å². The quantitative estimate of drug-likeness (QED) is 0.570. The summed E-state index contributed by atoms with van der Waals surface area (Å²) in [6.45, 7) is 3.29. The first-order valence-corrected chi connectivity index (χ1v) is 7.93. The zero-order valence-corrected chi connectivity index (χ0v) is 13.5. The monoisotopic (exact) mass is 339 g/mol. The fourth-order valence-corrected chi connectivity index (χ4v) is 2.99. The van der Waals surface area contributed by atoms with Crippen molar-refractivity contribution in [1.82, 2.24) is 24.1 Å². The maximum atomic E-state index is 13.6. The first-order chi connectivity index (χ1) is 12.2. The van der Waals surface area contributed by atoms with Crippen LogP contribution in [0.3, 0.4) is 0 Å². The van der Waals surface area contributed by atoms with Gasteiger partial charge < -0.3 is 9.13 Å². The maximum absolute atomic E-state index is 13.6. The molecule has 1 aromatic carbocycles. The Morgan fingerprint density at radius 3 is 2.76 bits per heavy atom. The molecule has 0 saturated heterocycles. The standard InChI is InChI=1S/C18H15F2N5/c1-2-25-16-5-6-21-10-15(16)23-17(25)11-24-8-7-22-18(24)12-3-4-13(19)14(20)9-12/h3-10H,2,11H2,1H3. The minimum Gasteiger partial charge on any atom is -0.327 e. The zero-order chi connectivity index (χ0) is 17.4. The molecule has 0 amide bonds. The molecule has 0 bridgehead atoms. The molecular formula is C18H15F2N5. The van der Waals surface area contributed by atoms with Crippen LogP contribution in [-0.4, -0.2) is 24.1 Å². The average molecular weight is 339 g/mol. The summed E-state index contributed by atoms with van der Waals surface area (Å²) >= 11 is 0. The number of nitrogens with zero attached hydrogens (tertiary/aromatic N) is 5. The molecule has 0 aliphatic heterocycles. The highest BCUT2D eigenvalue weighted by atomic mass is 19.2. The van der Waals surface area contributed by atoms with Crippen molar-refractivity contribution in [2.24, 2.45) is 0 Å². The van der Waals surface area contributed by atoms with Crippen LogP contribution in [0.4, 0.5) is 8.78 Å². The Morgan fingerprint density at radius 1 is 1.08 bits per heavy atom. The average Bonchev–Trinajstić information content (AvgIpc) is 3.21. The van der Waals surface area contributed by atoms with E-state index in [-0.39, 0.29) is 0 Å². The molecular weight excluding hydrogens is 324 g/mol. The van der Waals surface area contributed by atoms with E-state index in [0.29, 0.717) is 17.9 Å². The Kier molecular flexibility index (Phi) is 3.76. The van der Waals surface area contributed by atoms with E-state index in [4.69, 9.17) is 0 Å². The molecule has 5 nitrogen and oxygen atoms in total. The summed E-state index contributed by atoms with van der Waals surface area (Å²) in [6.07, 6.45) is 6.91. The number of pyridine rings is 1. The van der Waals surface area contributed by atoms with Crippen molar-refractivity contribution in [2.75, 3.05) is 0 Å². The van der Waals surface area contributed by atoms with E-state index < -0.39 is 11.6 Å². The Morgan fingerprint density at radius 2 is 1.96 bits per heavy atom. The SMILES string of the molecule is CCn1c(Cn2ccnc2-c2ccc(F)c(F)c2)nc2cnccc21. The number of imidazole rings is 2. The number of rotatable bonds is 4. The zero-order valence-electron chi connectivity index (χ0n) is 13.5. The molecule has 0 saturated carbocycles. The normalized spacial score (nSPS) is 11.3. The van der Waals surface area contributed by atoms with Crippen LogP contribution in [-0.2, 0) is 13.1 Å². The van der Waals surface area contributed by atoms with Gasteiger partial charge in [0.2, 0.25) is 0 Å². The molecule has 0 aliphatic carbocycles. The molecule has 25 heavy (non-hydrogen) atoms. The van der Waals surface area contributed by atoms with Crippen molar-refractivity contribution < 1.29 is 8.78 Å². The number of aromatic nitrogens is 5. The van der Waals surface area contributed by atoms with E-state index >= 15 is 0 Å². The lowest BCUT2D eigenvalue weighted by Crippen LogP contribution is -2.08. The van der Waals surface area contributed by atoms with Gasteiger partial charge in [-0.15, -0.1) is 0 Å². The maximum Gasteiger partial charge on any atom is 0.159 e. The summed E-state index contributed by atoms with van der Waals surface area (Å²) in [7, 11) is 0. The fraction of sp³-hybridized carbons (Fsp3) is 0.167. The van der Waals surface area contributed by atoms with Gasteiger partial charge in [0.15, 0.2) is 11.6 Å². The fourth-order valence-electron chi connectivity index (χ4n) is 2.99. The number of aryl methyl sites for hydroxylation is 1. The summed E-state index contributed by atoms with van der Waals surface area (Å²) in [5.74, 6) is -0.347. The number of fused-ring (bicyclic) bond motifs is 1.